The first-order valence-electron chi connectivity index (χ1n) is 30.0. The number of aromatic amines is 4. The fraction of sp³-hybridized carbons (Fsp3) is 0.433. The van der Waals surface area contributed by atoms with Gasteiger partial charge in [-0.1, -0.05) is 36.4 Å². The molecule has 490 valence electrons. The normalized spacial score (nSPS) is 17.2. The van der Waals surface area contributed by atoms with Gasteiger partial charge in [-0.3, -0.25) is 57.5 Å². The molecule has 32 nitrogen and oxygen atoms in total. The first-order chi connectivity index (χ1) is 44.2. The molecule has 6 heterocycles. The van der Waals surface area contributed by atoms with Crippen molar-refractivity contribution in [3.63, 3.8) is 0 Å². The number of nitrogens with zero attached hydrogens (tertiary/aromatic N) is 3. The van der Waals surface area contributed by atoms with Gasteiger partial charge < -0.3 is 93.7 Å². The lowest BCUT2D eigenvalue weighted by Crippen LogP contribution is -2.61. The van der Waals surface area contributed by atoms with E-state index in [2.05, 4.69) is 77.8 Å². The molecule has 8 rings (SSSR count). The number of aromatic nitrogens is 6. The molecule has 2 aromatic carbocycles. The summed E-state index contributed by atoms with van der Waals surface area (Å²) in [6.07, 6.45) is 8.11. The van der Waals surface area contributed by atoms with E-state index in [0.717, 1.165) is 0 Å². The van der Waals surface area contributed by atoms with E-state index in [1.807, 2.05) is 0 Å². The quantitative estimate of drug-likeness (QED) is 0.0185. The molecule has 4 aromatic heterocycles. The number of fused-ring (bicyclic) bond motifs is 2. The van der Waals surface area contributed by atoms with Crippen LogP contribution in [0.3, 0.4) is 0 Å². The Labute approximate surface area is 524 Å². The molecule has 10 amide bonds. The van der Waals surface area contributed by atoms with Crippen molar-refractivity contribution in [3.05, 3.63) is 108 Å². The van der Waals surface area contributed by atoms with Crippen LogP contribution in [-0.4, -0.2) is 201 Å². The second-order valence-electron chi connectivity index (χ2n) is 22.6. The van der Waals surface area contributed by atoms with Gasteiger partial charge in [-0.25, -0.2) is 9.97 Å². The number of carbonyl (C=O) groups excluding carboxylic acids is 10. The van der Waals surface area contributed by atoms with Crippen molar-refractivity contribution in [2.24, 2.45) is 5.73 Å². The van der Waals surface area contributed by atoms with Crippen LogP contribution in [0.25, 0.3) is 21.8 Å². The van der Waals surface area contributed by atoms with Crippen molar-refractivity contribution in [1.82, 2.24) is 82.7 Å². The number of aliphatic hydroxyl groups is 1. The van der Waals surface area contributed by atoms with Crippen molar-refractivity contribution in [2.75, 3.05) is 19.7 Å². The lowest BCUT2D eigenvalue weighted by Gasteiger charge is -2.30. The van der Waals surface area contributed by atoms with Gasteiger partial charge in [0.15, 0.2) is 0 Å². The van der Waals surface area contributed by atoms with Crippen molar-refractivity contribution in [2.45, 2.75) is 144 Å². The molecular weight excluding hydrogens is 1200 g/mol. The van der Waals surface area contributed by atoms with Gasteiger partial charge in [0.2, 0.25) is 59.1 Å². The van der Waals surface area contributed by atoms with Gasteiger partial charge in [0.1, 0.15) is 60.4 Å². The molecule has 2 aliphatic rings. The molecule has 18 N–H and O–H groups in total. The van der Waals surface area contributed by atoms with E-state index < -0.39 is 145 Å². The first-order valence-corrected chi connectivity index (χ1v) is 30.0. The van der Waals surface area contributed by atoms with E-state index in [4.69, 9.17) is 5.73 Å². The van der Waals surface area contributed by atoms with Crippen LogP contribution in [0.15, 0.2) is 86.0 Å². The predicted octanol–water partition coefficient (Wildman–Crippen LogP) is -2.79. The topological polar surface area (TPSA) is 492 Å². The minimum absolute atomic E-state index is 0.0225. The number of benzene rings is 2. The molecule has 2 saturated heterocycles. The molecule has 0 unspecified atom stereocenters. The van der Waals surface area contributed by atoms with Gasteiger partial charge in [-0.2, -0.15) is 0 Å². The molecular formula is C60H75N17O15. The maximum Gasteiger partial charge on any atom is 0.325 e. The molecule has 92 heavy (non-hydrogen) atoms. The van der Waals surface area contributed by atoms with Gasteiger partial charge in [0.05, 0.1) is 25.7 Å². The Balaban J connectivity index is 1.02. The smallest absolute Gasteiger partial charge is 0.325 e. The molecule has 0 bridgehead atoms. The molecule has 0 aliphatic carbocycles. The SMILES string of the molecule is C[C@@H](NC(=O)[C@@H]1CCCN1C(=O)[C@H](CCCCN)NC(=O)[C@H](Cc1c[nH]c2ccccc12)NC(=O)[C@H](CC(=O)O)NC(=O)[C@H](Cc1cnc[nH]1)NC(=O)[C@H](CO)NC(=O)[C@H](Cc1c[nH]c2ccccc12)NC(=O)[C@H](Cc1cnc[nH]1)NC(=O)[C@@H]1CCC(=O)N1)C(=O)O. The highest BCUT2D eigenvalue weighted by Crippen LogP contribution is 2.24. The van der Waals surface area contributed by atoms with Gasteiger partial charge in [0.25, 0.3) is 0 Å². The van der Waals surface area contributed by atoms with E-state index >= 15 is 0 Å². The molecule has 0 radical (unpaired) electrons. The molecule has 2 aliphatic heterocycles. The van der Waals surface area contributed by atoms with Crippen LogP contribution in [-0.2, 0) is 83.2 Å². The van der Waals surface area contributed by atoms with Crippen molar-refractivity contribution in [3.8, 4) is 0 Å². The van der Waals surface area contributed by atoms with Crippen LogP contribution in [0.2, 0.25) is 0 Å². The zero-order valence-electron chi connectivity index (χ0n) is 50.1. The van der Waals surface area contributed by atoms with E-state index in [0.29, 0.717) is 57.9 Å². The molecule has 6 aromatic rings. The van der Waals surface area contributed by atoms with E-state index in [1.54, 1.807) is 60.9 Å². The average molecular weight is 1270 g/mol. The number of nitrogens with two attached hydrogens (primary N) is 1. The maximum atomic E-state index is 14.7. The second-order valence-corrected chi connectivity index (χ2v) is 22.6. The summed E-state index contributed by atoms with van der Waals surface area (Å²) < 4.78 is 0. The van der Waals surface area contributed by atoms with E-state index in [9.17, 15) is 72.9 Å². The summed E-state index contributed by atoms with van der Waals surface area (Å²) in [5, 5.41) is 54.6. The lowest BCUT2D eigenvalue weighted by atomic mass is 10.0. The number of imidazole rings is 2. The average Bonchev–Trinajstić information content (AvgIpc) is 1.67. The molecule has 32 heteroatoms. The minimum Gasteiger partial charge on any atom is -0.481 e. The number of carbonyl (C=O) groups is 12. The number of nitrogens with one attached hydrogen (secondary N) is 13. The predicted molar refractivity (Wildman–Crippen MR) is 325 cm³/mol. The third-order valence-electron chi connectivity index (χ3n) is 16.0. The molecule has 10 atom stereocenters. The Morgan fingerprint density at radius 2 is 1.09 bits per heavy atom. The van der Waals surface area contributed by atoms with Crippen molar-refractivity contribution in [1.29, 1.82) is 0 Å². The lowest BCUT2D eigenvalue weighted by molar-refractivity contribution is -0.145. The summed E-state index contributed by atoms with van der Waals surface area (Å²) in [4.78, 5) is 186. The van der Waals surface area contributed by atoms with Crippen molar-refractivity contribution < 1.29 is 72.9 Å². The fourth-order valence-electron chi connectivity index (χ4n) is 11.0. The van der Waals surface area contributed by atoms with Gasteiger partial charge in [-0.15, -0.1) is 0 Å². The maximum absolute atomic E-state index is 14.7. The van der Waals surface area contributed by atoms with Crippen LogP contribution in [0, 0.1) is 0 Å². The number of amides is 10. The second kappa shape index (κ2) is 31.8. The number of aliphatic carboxylic acids is 2. The summed E-state index contributed by atoms with van der Waals surface area (Å²) in [5.74, 6) is -11.6. The number of hydrogen-bond donors (Lipinski definition) is 17. The number of aliphatic hydroxyl groups excluding tert-OH is 1. The third kappa shape index (κ3) is 17.9. The number of unbranched alkanes of at least 4 members (excludes halogenated alkanes) is 1. The minimum atomic E-state index is -1.97. The van der Waals surface area contributed by atoms with Gasteiger partial charge >= 0.3 is 11.9 Å². The highest BCUT2D eigenvalue weighted by molar-refractivity contribution is 6.00. The number of carboxylic acid groups (broad SMARTS) is 2. The molecule has 0 spiro atoms. The molecule has 0 saturated carbocycles. The van der Waals surface area contributed by atoms with E-state index in [1.165, 1.54) is 36.9 Å². The monoisotopic (exact) mass is 1270 g/mol. The number of H-pyrrole nitrogens is 4. The zero-order valence-corrected chi connectivity index (χ0v) is 50.1. The Morgan fingerprint density at radius 1 is 0.598 bits per heavy atom. The van der Waals surface area contributed by atoms with Crippen LogP contribution in [0.4, 0.5) is 0 Å². The number of rotatable bonds is 33. The van der Waals surface area contributed by atoms with E-state index in [-0.39, 0.29) is 69.6 Å². The zero-order chi connectivity index (χ0) is 66.0. The summed E-state index contributed by atoms with van der Waals surface area (Å²) in [6.45, 7) is 0.517. The number of carboxylic acids is 2. The van der Waals surface area contributed by atoms with Crippen molar-refractivity contribution >= 4 is 92.8 Å². The van der Waals surface area contributed by atoms with Gasteiger partial charge in [-0.05, 0) is 75.3 Å². The number of hydrogen-bond acceptors (Lipinski definition) is 16. The Bertz CT molecular complexity index is 3630. The van der Waals surface area contributed by atoms with Crippen LogP contribution in [0.5, 0.6) is 0 Å². The summed E-state index contributed by atoms with van der Waals surface area (Å²) in [5.41, 5.74) is 8.85. The summed E-state index contributed by atoms with van der Waals surface area (Å²) in [7, 11) is 0. The Hall–Kier alpha value is -10.5. The first kappa shape index (κ1) is 67.4. The summed E-state index contributed by atoms with van der Waals surface area (Å²) in [6, 6.07) is -0.472. The van der Waals surface area contributed by atoms with Gasteiger partial charge in [0, 0.05) is 96.6 Å². The Morgan fingerprint density at radius 3 is 1.58 bits per heavy atom. The standard InChI is InChI=1S/C60H75N17O15/c1-31(60(91)92)68-58(89)48-14-8-18-77(48)59(90)41(13-6-7-17-61)70-52(83)42(19-32-24-64-38-11-4-2-9-36(32)38)72-56(87)46(23-50(80)81)75-55(86)45(22-35-27-63-30-67-35)74-57(88)47(28-78)76-53(84)43(20-33-25-65-39-12-5-3-10-37(33)39)71-54(85)44(21-34-26-62-29-66-34)73-51(82)40-15-16-49(79)69-40/h2-5,9-12,24-27,29-31,40-48,64-65,78H,6-8,13-23,28,61H2,1H3,(H,62,66)(H,63,67)(H,68,89)(H,69,79)(H,70,83)(H,71,85)(H,72,87)(H,73,82)(H,74,88)(H,75,86)(H,76,84)(H,80,81)(H,91,92)/t31-,40+,41+,42+,43+,44+,45+,46+,47+,48+/m1/s1. The number of likely N-dealkylation sites (tertiary alicyclic amines) is 1. The highest BCUT2D eigenvalue weighted by Gasteiger charge is 2.41. The van der Waals surface area contributed by atoms with Crippen LogP contribution in [0.1, 0.15) is 80.8 Å². The Kier molecular flexibility index (Phi) is 23.3. The van der Waals surface area contributed by atoms with Crippen LogP contribution < -0.4 is 53.6 Å². The highest BCUT2D eigenvalue weighted by atomic mass is 16.4. The number of para-hydroxylation sites is 2. The van der Waals surface area contributed by atoms with Crippen LogP contribution >= 0.6 is 0 Å². The third-order valence-corrected chi connectivity index (χ3v) is 16.0. The summed E-state index contributed by atoms with van der Waals surface area (Å²) >= 11 is 0. The largest absolute Gasteiger partial charge is 0.481 e. The molecule has 2 fully saturated rings. The fourth-order valence-corrected chi connectivity index (χ4v) is 11.0.